The summed E-state index contributed by atoms with van der Waals surface area (Å²) in [4.78, 5) is 12.3. The molecule has 0 spiro atoms. The van der Waals surface area contributed by atoms with E-state index in [2.05, 4.69) is 33.1 Å². The Morgan fingerprint density at radius 2 is 1.81 bits per heavy atom. The molecule has 2 aromatic carbocycles. The lowest BCUT2D eigenvalue weighted by atomic mass is 10.1. The molecule has 2 rings (SSSR count). The fraction of sp³-hybridized carbons (Fsp3) is 0.176. The monoisotopic (exact) mass is 539 g/mol. The average Bonchev–Trinajstić information content (AvgIpc) is 2.55. The molecule has 1 N–H and O–H groups in total. The number of halogens is 3. The van der Waals surface area contributed by atoms with E-state index in [9.17, 15) is 13.2 Å². The Balaban J connectivity index is 2.18. The molecular formula is C17H16Cl2IN3O3S. The number of benzene rings is 2. The van der Waals surface area contributed by atoms with Crippen LogP contribution >= 0.6 is 45.8 Å². The quantitative estimate of drug-likeness (QED) is 0.343. The first-order chi connectivity index (χ1) is 12.6. The molecular weight excluding hydrogens is 524 g/mol. The Morgan fingerprint density at radius 3 is 2.37 bits per heavy atom. The standard InChI is InChI=1S/C17H16Cl2IN3O3S/c1-11(12-4-3-5-15(20)6-12)21-22-17(24)10-23(27(2,25)26)16-8-13(18)7-14(19)9-16/h3-9H,10H2,1-2H3,(H,22,24)/b21-11-. The molecule has 0 radical (unpaired) electrons. The van der Waals surface area contributed by atoms with Crippen LogP contribution in [-0.2, 0) is 14.8 Å². The molecule has 0 bridgehead atoms. The number of nitrogens with one attached hydrogen (secondary N) is 1. The van der Waals surface area contributed by atoms with Crippen molar-refractivity contribution in [1.82, 2.24) is 5.43 Å². The minimum atomic E-state index is -3.74. The highest BCUT2D eigenvalue weighted by molar-refractivity contribution is 14.1. The van der Waals surface area contributed by atoms with E-state index in [1.54, 1.807) is 6.92 Å². The largest absolute Gasteiger partial charge is 0.271 e. The van der Waals surface area contributed by atoms with E-state index in [1.165, 1.54) is 18.2 Å². The molecule has 27 heavy (non-hydrogen) atoms. The summed E-state index contributed by atoms with van der Waals surface area (Å²) in [7, 11) is -3.74. The third-order valence-corrected chi connectivity index (χ3v) is 5.66. The molecule has 0 aromatic heterocycles. The van der Waals surface area contributed by atoms with E-state index in [0.717, 1.165) is 19.7 Å². The maximum absolute atomic E-state index is 12.3. The summed E-state index contributed by atoms with van der Waals surface area (Å²) in [6, 6.07) is 11.9. The molecule has 0 unspecified atom stereocenters. The van der Waals surface area contributed by atoms with E-state index in [0.29, 0.717) is 5.71 Å². The van der Waals surface area contributed by atoms with Crippen molar-refractivity contribution >= 4 is 73.1 Å². The van der Waals surface area contributed by atoms with Gasteiger partial charge in [0.2, 0.25) is 10.0 Å². The number of sulfonamides is 1. The molecule has 0 saturated heterocycles. The summed E-state index contributed by atoms with van der Waals surface area (Å²) in [5, 5.41) is 4.57. The molecule has 6 nitrogen and oxygen atoms in total. The van der Waals surface area contributed by atoms with Crippen LogP contribution in [0.2, 0.25) is 10.0 Å². The highest BCUT2D eigenvalue weighted by atomic mass is 127. The highest BCUT2D eigenvalue weighted by Crippen LogP contribution is 2.26. The van der Waals surface area contributed by atoms with Gasteiger partial charge in [0, 0.05) is 13.6 Å². The lowest BCUT2D eigenvalue weighted by Crippen LogP contribution is -2.39. The van der Waals surface area contributed by atoms with Gasteiger partial charge in [-0.3, -0.25) is 9.10 Å². The molecule has 144 valence electrons. The van der Waals surface area contributed by atoms with Crippen LogP contribution in [0.25, 0.3) is 0 Å². The number of hydrogen-bond acceptors (Lipinski definition) is 4. The van der Waals surface area contributed by atoms with Crippen molar-refractivity contribution in [2.24, 2.45) is 5.10 Å². The number of hydrazone groups is 1. The van der Waals surface area contributed by atoms with Crippen molar-refractivity contribution in [1.29, 1.82) is 0 Å². The van der Waals surface area contributed by atoms with Gasteiger partial charge in [-0.2, -0.15) is 5.10 Å². The van der Waals surface area contributed by atoms with Crippen LogP contribution in [-0.4, -0.2) is 32.8 Å². The summed E-state index contributed by atoms with van der Waals surface area (Å²) in [6.45, 7) is 1.29. The highest BCUT2D eigenvalue weighted by Gasteiger charge is 2.21. The fourth-order valence-electron chi connectivity index (χ4n) is 2.17. The second-order valence-electron chi connectivity index (χ2n) is 5.64. The van der Waals surface area contributed by atoms with E-state index >= 15 is 0 Å². The smallest absolute Gasteiger partial charge is 0.260 e. The first kappa shape index (κ1) is 21.9. The van der Waals surface area contributed by atoms with Gasteiger partial charge in [0.15, 0.2) is 0 Å². The maximum atomic E-state index is 12.3. The number of hydrogen-bond donors (Lipinski definition) is 1. The zero-order chi connectivity index (χ0) is 20.2. The van der Waals surface area contributed by atoms with Crippen molar-refractivity contribution in [3.8, 4) is 0 Å². The van der Waals surface area contributed by atoms with Gasteiger partial charge in [0.1, 0.15) is 6.54 Å². The maximum Gasteiger partial charge on any atom is 0.260 e. The normalized spacial score (nSPS) is 12.0. The Hall–Kier alpha value is -1.36. The Labute approximate surface area is 181 Å². The third kappa shape index (κ3) is 6.63. The van der Waals surface area contributed by atoms with Gasteiger partial charge in [0.25, 0.3) is 5.91 Å². The zero-order valence-electron chi connectivity index (χ0n) is 14.4. The Kier molecular flexibility index (Phi) is 7.49. The van der Waals surface area contributed by atoms with Crippen LogP contribution in [0.4, 0.5) is 5.69 Å². The lowest BCUT2D eigenvalue weighted by molar-refractivity contribution is -0.119. The topological polar surface area (TPSA) is 78.8 Å². The number of rotatable bonds is 6. The SMILES string of the molecule is C/C(=N/NC(=O)CN(c1cc(Cl)cc(Cl)c1)S(C)(=O)=O)c1cccc(I)c1. The van der Waals surface area contributed by atoms with E-state index < -0.39 is 22.5 Å². The predicted molar refractivity (Wildman–Crippen MR) is 118 cm³/mol. The Bertz CT molecular complexity index is 976. The fourth-order valence-corrected chi connectivity index (χ4v) is 4.07. The number of carbonyl (C=O) groups is 1. The lowest BCUT2D eigenvalue weighted by Gasteiger charge is -2.21. The van der Waals surface area contributed by atoms with Gasteiger partial charge in [-0.25, -0.2) is 13.8 Å². The van der Waals surface area contributed by atoms with Crippen molar-refractivity contribution < 1.29 is 13.2 Å². The third-order valence-electron chi connectivity index (χ3n) is 3.41. The number of amides is 1. The molecule has 0 aliphatic heterocycles. The summed E-state index contributed by atoms with van der Waals surface area (Å²) in [5.74, 6) is -0.596. The van der Waals surface area contributed by atoms with Gasteiger partial charge in [-0.05, 0) is 65.4 Å². The van der Waals surface area contributed by atoms with Gasteiger partial charge in [-0.15, -0.1) is 0 Å². The van der Waals surface area contributed by atoms with Gasteiger partial charge >= 0.3 is 0 Å². The first-order valence-electron chi connectivity index (χ1n) is 7.59. The van der Waals surface area contributed by atoms with Crippen LogP contribution in [0.3, 0.4) is 0 Å². The molecule has 0 aliphatic carbocycles. The van der Waals surface area contributed by atoms with Crippen LogP contribution in [0.5, 0.6) is 0 Å². The molecule has 0 heterocycles. The van der Waals surface area contributed by atoms with Crippen LogP contribution in [0.1, 0.15) is 12.5 Å². The first-order valence-corrected chi connectivity index (χ1v) is 11.3. The van der Waals surface area contributed by atoms with Crippen LogP contribution in [0, 0.1) is 3.57 Å². The minimum Gasteiger partial charge on any atom is -0.271 e. The van der Waals surface area contributed by atoms with E-state index in [-0.39, 0.29) is 15.7 Å². The molecule has 1 amide bonds. The summed E-state index contributed by atoms with van der Waals surface area (Å²) >= 11 is 14.1. The molecule has 0 fully saturated rings. The van der Waals surface area contributed by atoms with Crippen LogP contribution < -0.4 is 9.73 Å². The Morgan fingerprint density at radius 1 is 1.19 bits per heavy atom. The second kappa shape index (κ2) is 9.22. The van der Waals surface area contributed by atoms with Crippen molar-refractivity contribution in [3.05, 3.63) is 61.6 Å². The van der Waals surface area contributed by atoms with Crippen molar-refractivity contribution in [2.75, 3.05) is 17.1 Å². The van der Waals surface area contributed by atoms with Crippen molar-refractivity contribution in [3.63, 3.8) is 0 Å². The number of carbonyl (C=O) groups excluding carboxylic acids is 1. The van der Waals surface area contributed by atoms with E-state index in [1.807, 2.05) is 24.3 Å². The number of nitrogens with zero attached hydrogens (tertiary/aromatic N) is 2. The zero-order valence-corrected chi connectivity index (χ0v) is 18.9. The average molecular weight is 540 g/mol. The molecule has 2 aromatic rings. The second-order valence-corrected chi connectivity index (χ2v) is 9.67. The number of anilines is 1. The minimum absolute atomic E-state index is 0.198. The summed E-state index contributed by atoms with van der Waals surface area (Å²) < 4.78 is 26.2. The molecule has 0 aliphatic rings. The van der Waals surface area contributed by atoms with Gasteiger partial charge in [0.05, 0.1) is 17.7 Å². The van der Waals surface area contributed by atoms with E-state index in [4.69, 9.17) is 23.2 Å². The van der Waals surface area contributed by atoms with Crippen molar-refractivity contribution in [2.45, 2.75) is 6.92 Å². The summed E-state index contributed by atoms with van der Waals surface area (Å²) in [5.41, 5.74) is 4.02. The molecule has 0 atom stereocenters. The molecule has 0 saturated carbocycles. The van der Waals surface area contributed by atoms with Crippen LogP contribution in [0.15, 0.2) is 47.6 Å². The summed E-state index contributed by atoms with van der Waals surface area (Å²) in [6.07, 6.45) is 0.996. The van der Waals surface area contributed by atoms with Gasteiger partial charge in [-0.1, -0.05) is 35.3 Å². The van der Waals surface area contributed by atoms with Gasteiger partial charge < -0.3 is 0 Å². The predicted octanol–water partition coefficient (Wildman–Crippen LogP) is 3.90. The molecule has 10 heteroatoms.